The van der Waals surface area contributed by atoms with Crippen LogP contribution in [0.15, 0.2) is 12.1 Å². The molecule has 1 atom stereocenters. The maximum Gasteiger partial charge on any atom is 0.141 e. The van der Waals surface area contributed by atoms with E-state index in [-0.39, 0.29) is 6.04 Å². The van der Waals surface area contributed by atoms with Crippen LogP contribution in [0, 0.1) is 0 Å². The molecule has 0 radical (unpaired) electrons. The Balaban J connectivity index is 2.44. The fourth-order valence-corrected chi connectivity index (χ4v) is 2.34. The van der Waals surface area contributed by atoms with Crippen molar-refractivity contribution in [2.75, 3.05) is 6.61 Å². The monoisotopic (exact) mass is 239 g/mol. The molecule has 2 N–H and O–H groups in total. The van der Waals surface area contributed by atoms with Crippen LogP contribution in [-0.4, -0.2) is 6.61 Å². The minimum atomic E-state index is -0.0556. The van der Waals surface area contributed by atoms with Crippen LogP contribution in [0.4, 0.5) is 0 Å². The average molecular weight is 240 g/mol. The highest BCUT2D eigenvalue weighted by atomic mass is 35.5. The Morgan fingerprint density at radius 2 is 2.19 bits per heavy atom. The van der Waals surface area contributed by atoms with Gasteiger partial charge in [-0.15, -0.1) is 0 Å². The molecule has 1 aromatic carbocycles. The van der Waals surface area contributed by atoms with Crippen molar-refractivity contribution < 1.29 is 4.74 Å². The van der Waals surface area contributed by atoms with Crippen LogP contribution in [0.2, 0.25) is 5.02 Å². The first-order valence-electron chi connectivity index (χ1n) is 5.85. The van der Waals surface area contributed by atoms with Crippen molar-refractivity contribution in [2.45, 2.75) is 38.6 Å². The minimum absolute atomic E-state index is 0.0556. The van der Waals surface area contributed by atoms with Crippen molar-refractivity contribution in [2.24, 2.45) is 5.73 Å². The number of hydrogen-bond acceptors (Lipinski definition) is 2. The van der Waals surface area contributed by atoms with E-state index in [9.17, 15) is 0 Å². The molecule has 2 rings (SSSR count). The summed E-state index contributed by atoms with van der Waals surface area (Å²) < 4.78 is 5.67. The quantitative estimate of drug-likeness (QED) is 0.871. The number of hydrogen-bond donors (Lipinski definition) is 1. The number of rotatable bonds is 4. The number of benzene rings is 1. The molecule has 3 heteroatoms. The van der Waals surface area contributed by atoms with E-state index in [0.29, 0.717) is 17.5 Å². The molecule has 1 unspecified atom stereocenters. The highest BCUT2D eigenvalue weighted by Crippen LogP contribution is 2.47. The van der Waals surface area contributed by atoms with E-state index in [1.165, 1.54) is 18.4 Å². The molecular formula is C13H18ClNO. The van der Waals surface area contributed by atoms with Gasteiger partial charge in [-0.05, 0) is 43.7 Å². The topological polar surface area (TPSA) is 35.2 Å². The molecule has 0 saturated heterocycles. The molecule has 1 aromatic rings. The van der Waals surface area contributed by atoms with Gasteiger partial charge in [0.25, 0.3) is 0 Å². The maximum atomic E-state index is 6.35. The molecule has 16 heavy (non-hydrogen) atoms. The van der Waals surface area contributed by atoms with Crippen molar-refractivity contribution >= 4 is 11.6 Å². The van der Waals surface area contributed by atoms with E-state index in [2.05, 4.69) is 6.07 Å². The lowest BCUT2D eigenvalue weighted by molar-refractivity contribution is 0.336. The Hall–Kier alpha value is -0.730. The highest BCUT2D eigenvalue weighted by molar-refractivity contribution is 6.33. The van der Waals surface area contributed by atoms with Gasteiger partial charge in [0.2, 0.25) is 0 Å². The first kappa shape index (κ1) is 11.7. The maximum absolute atomic E-state index is 6.35. The molecule has 0 aliphatic heterocycles. The molecule has 1 saturated carbocycles. The second kappa shape index (κ2) is 4.64. The fraction of sp³-hybridized carbons (Fsp3) is 0.538. The molecule has 88 valence electrons. The molecule has 0 heterocycles. The second-order valence-electron chi connectivity index (χ2n) is 4.38. The van der Waals surface area contributed by atoms with Crippen LogP contribution in [0.1, 0.15) is 49.8 Å². The Morgan fingerprint density at radius 3 is 2.69 bits per heavy atom. The van der Waals surface area contributed by atoms with Gasteiger partial charge in [0, 0.05) is 6.04 Å². The SMILES string of the molecule is CCOc1c(C2CC2)ccc(C(C)N)c1Cl. The zero-order valence-electron chi connectivity index (χ0n) is 9.79. The van der Waals surface area contributed by atoms with Gasteiger partial charge in [0.05, 0.1) is 11.6 Å². The third kappa shape index (κ3) is 2.18. The standard InChI is InChI=1S/C13H18ClNO/c1-3-16-13-11(9-4-5-9)7-6-10(8(2)15)12(13)14/h6-9H,3-5,15H2,1-2H3. The fourth-order valence-electron chi connectivity index (χ4n) is 1.94. The summed E-state index contributed by atoms with van der Waals surface area (Å²) in [5, 5.41) is 0.696. The summed E-state index contributed by atoms with van der Waals surface area (Å²) in [6, 6.07) is 4.09. The third-order valence-electron chi connectivity index (χ3n) is 2.95. The summed E-state index contributed by atoms with van der Waals surface area (Å²) in [4.78, 5) is 0. The molecule has 0 aromatic heterocycles. The zero-order chi connectivity index (χ0) is 11.7. The van der Waals surface area contributed by atoms with E-state index in [1.807, 2.05) is 19.9 Å². The summed E-state index contributed by atoms with van der Waals surface area (Å²) in [5.41, 5.74) is 8.10. The van der Waals surface area contributed by atoms with Gasteiger partial charge in [0.15, 0.2) is 0 Å². The Kier molecular flexibility index (Phi) is 3.41. The summed E-state index contributed by atoms with van der Waals surface area (Å²) in [6.07, 6.45) is 2.49. The lowest BCUT2D eigenvalue weighted by Crippen LogP contribution is -2.07. The first-order valence-corrected chi connectivity index (χ1v) is 6.23. The predicted octanol–water partition coefficient (Wildman–Crippen LogP) is 3.64. The molecule has 0 bridgehead atoms. The smallest absolute Gasteiger partial charge is 0.141 e. The summed E-state index contributed by atoms with van der Waals surface area (Å²) in [5.74, 6) is 1.49. The van der Waals surface area contributed by atoms with Crippen LogP contribution < -0.4 is 10.5 Å². The Bertz CT molecular complexity index is 386. The minimum Gasteiger partial charge on any atom is -0.492 e. The van der Waals surface area contributed by atoms with Gasteiger partial charge < -0.3 is 10.5 Å². The average Bonchev–Trinajstić information content (AvgIpc) is 3.04. The molecule has 2 nitrogen and oxygen atoms in total. The third-order valence-corrected chi connectivity index (χ3v) is 3.34. The predicted molar refractivity (Wildman–Crippen MR) is 67.2 cm³/mol. The van der Waals surface area contributed by atoms with Gasteiger partial charge in [-0.2, -0.15) is 0 Å². The molecule has 0 amide bonds. The molecular weight excluding hydrogens is 222 g/mol. The van der Waals surface area contributed by atoms with Crippen molar-refractivity contribution in [1.82, 2.24) is 0 Å². The molecule has 1 fully saturated rings. The van der Waals surface area contributed by atoms with E-state index in [0.717, 1.165) is 11.3 Å². The Morgan fingerprint density at radius 1 is 1.50 bits per heavy atom. The summed E-state index contributed by atoms with van der Waals surface area (Å²) in [6.45, 7) is 4.56. The number of halogens is 1. The summed E-state index contributed by atoms with van der Waals surface area (Å²) in [7, 11) is 0. The van der Waals surface area contributed by atoms with Crippen LogP contribution in [0.25, 0.3) is 0 Å². The number of nitrogens with two attached hydrogens (primary N) is 1. The van der Waals surface area contributed by atoms with Crippen molar-refractivity contribution in [3.05, 3.63) is 28.3 Å². The lowest BCUT2D eigenvalue weighted by atomic mass is 10.0. The van der Waals surface area contributed by atoms with Gasteiger partial charge in [-0.25, -0.2) is 0 Å². The molecule has 0 spiro atoms. The second-order valence-corrected chi connectivity index (χ2v) is 4.76. The Labute approximate surface area is 102 Å². The normalized spacial score (nSPS) is 17.2. The van der Waals surface area contributed by atoms with Gasteiger partial charge in [-0.3, -0.25) is 0 Å². The number of ether oxygens (including phenoxy) is 1. The van der Waals surface area contributed by atoms with Crippen molar-refractivity contribution in [3.63, 3.8) is 0 Å². The van der Waals surface area contributed by atoms with E-state index in [1.54, 1.807) is 0 Å². The summed E-state index contributed by atoms with van der Waals surface area (Å²) >= 11 is 6.35. The van der Waals surface area contributed by atoms with Gasteiger partial charge >= 0.3 is 0 Å². The van der Waals surface area contributed by atoms with Crippen molar-refractivity contribution in [1.29, 1.82) is 0 Å². The van der Waals surface area contributed by atoms with E-state index < -0.39 is 0 Å². The van der Waals surface area contributed by atoms with Crippen LogP contribution in [-0.2, 0) is 0 Å². The highest BCUT2D eigenvalue weighted by Gasteiger charge is 2.29. The van der Waals surface area contributed by atoms with Crippen molar-refractivity contribution in [3.8, 4) is 5.75 Å². The largest absolute Gasteiger partial charge is 0.492 e. The molecule has 1 aliphatic rings. The van der Waals surface area contributed by atoms with Gasteiger partial charge in [-0.1, -0.05) is 23.7 Å². The van der Waals surface area contributed by atoms with Crippen LogP contribution in [0.5, 0.6) is 5.75 Å². The van der Waals surface area contributed by atoms with Gasteiger partial charge in [0.1, 0.15) is 5.75 Å². The van der Waals surface area contributed by atoms with Crippen LogP contribution >= 0.6 is 11.6 Å². The molecule has 1 aliphatic carbocycles. The van der Waals surface area contributed by atoms with E-state index >= 15 is 0 Å². The van der Waals surface area contributed by atoms with E-state index in [4.69, 9.17) is 22.1 Å². The van der Waals surface area contributed by atoms with Crippen LogP contribution in [0.3, 0.4) is 0 Å². The lowest BCUT2D eigenvalue weighted by Gasteiger charge is -2.16. The zero-order valence-corrected chi connectivity index (χ0v) is 10.6. The first-order chi connectivity index (χ1) is 7.65.